The third-order valence-corrected chi connectivity index (χ3v) is 3.47. The standard InChI is InChI=1S/C15H22N2O4/c1-19-14-13(17(8-7-16)15(14)18)10-21-11-20-9-12-5-3-2-4-6-12/h2-6,13-14H,7-11,16H2,1H3/t13-,14+/m0/s1. The van der Waals surface area contributed by atoms with Crippen molar-refractivity contribution in [1.29, 1.82) is 0 Å². The van der Waals surface area contributed by atoms with Gasteiger partial charge in [0.15, 0.2) is 6.10 Å². The van der Waals surface area contributed by atoms with Crippen molar-refractivity contribution in [3.05, 3.63) is 35.9 Å². The second kappa shape index (κ2) is 8.09. The number of hydrogen-bond acceptors (Lipinski definition) is 5. The lowest BCUT2D eigenvalue weighted by molar-refractivity contribution is -0.180. The molecule has 0 unspecified atom stereocenters. The van der Waals surface area contributed by atoms with Gasteiger partial charge in [0.1, 0.15) is 6.79 Å². The number of hydrogen-bond donors (Lipinski definition) is 1. The second-order valence-corrected chi connectivity index (χ2v) is 4.87. The normalized spacial score (nSPS) is 21.4. The molecule has 116 valence electrons. The molecule has 1 aromatic carbocycles. The van der Waals surface area contributed by atoms with E-state index in [1.807, 2.05) is 30.3 Å². The monoisotopic (exact) mass is 294 g/mol. The van der Waals surface area contributed by atoms with Crippen molar-refractivity contribution in [1.82, 2.24) is 4.90 Å². The van der Waals surface area contributed by atoms with Crippen molar-refractivity contribution < 1.29 is 19.0 Å². The number of ether oxygens (including phenoxy) is 3. The molecule has 0 radical (unpaired) electrons. The summed E-state index contributed by atoms with van der Waals surface area (Å²) < 4.78 is 16.1. The van der Waals surface area contributed by atoms with Crippen LogP contribution in [0.1, 0.15) is 5.56 Å². The summed E-state index contributed by atoms with van der Waals surface area (Å²) in [5, 5.41) is 0. The highest BCUT2D eigenvalue weighted by molar-refractivity contribution is 5.88. The molecule has 2 N–H and O–H groups in total. The number of nitrogens with zero attached hydrogens (tertiary/aromatic N) is 1. The van der Waals surface area contributed by atoms with Gasteiger partial charge in [0.25, 0.3) is 5.91 Å². The van der Waals surface area contributed by atoms with Gasteiger partial charge in [0.2, 0.25) is 0 Å². The van der Waals surface area contributed by atoms with Gasteiger partial charge in [-0.1, -0.05) is 30.3 Å². The Morgan fingerprint density at radius 2 is 2.00 bits per heavy atom. The highest BCUT2D eigenvalue weighted by Crippen LogP contribution is 2.22. The first kappa shape index (κ1) is 15.9. The van der Waals surface area contributed by atoms with Crippen molar-refractivity contribution in [3.63, 3.8) is 0 Å². The Hall–Kier alpha value is -1.47. The fraction of sp³-hybridized carbons (Fsp3) is 0.533. The van der Waals surface area contributed by atoms with Gasteiger partial charge in [-0.3, -0.25) is 4.79 Å². The Morgan fingerprint density at radius 3 is 2.67 bits per heavy atom. The number of carbonyl (C=O) groups is 1. The lowest BCUT2D eigenvalue weighted by Crippen LogP contribution is -2.67. The Labute approximate surface area is 124 Å². The maximum absolute atomic E-state index is 11.7. The van der Waals surface area contributed by atoms with Gasteiger partial charge < -0.3 is 24.8 Å². The molecular weight excluding hydrogens is 272 g/mol. The van der Waals surface area contributed by atoms with E-state index in [-0.39, 0.29) is 18.7 Å². The Kier molecular flexibility index (Phi) is 6.13. The van der Waals surface area contributed by atoms with Crippen LogP contribution in [0.5, 0.6) is 0 Å². The number of carbonyl (C=O) groups excluding carboxylic acids is 1. The molecule has 1 aliphatic heterocycles. The highest BCUT2D eigenvalue weighted by Gasteiger charge is 2.47. The number of nitrogens with two attached hydrogens (primary N) is 1. The summed E-state index contributed by atoms with van der Waals surface area (Å²) in [4.78, 5) is 13.4. The molecule has 1 heterocycles. The van der Waals surface area contributed by atoms with Crippen LogP contribution in [0.4, 0.5) is 0 Å². The van der Waals surface area contributed by atoms with Crippen LogP contribution in [0.2, 0.25) is 0 Å². The zero-order valence-electron chi connectivity index (χ0n) is 12.2. The number of amides is 1. The molecule has 6 nitrogen and oxygen atoms in total. The molecule has 21 heavy (non-hydrogen) atoms. The number of β-lactam (4-membered cyclic amide) rings is 1. The molecule has 0 spiro atoms. The molecule has 0 bridgehead atoms. The number of rotatable bonds is 9. The molecule has 2 atom stereocenters. The summed E-state index contributed by atoms with van der Waals surface area (Å²) in [5.41, 5.74) is 6.59. The van der Waals surface area contributed by atoms with E-state index in [1.165, 1.54) is 7.11 Å². The van der Waals surface area contributed by atoms with Crippen molar-refractivity contribution in [2.45, 2.75) is 18.8 Å². The van der Waals surface area contributed by atoms with Gasteiger partial charge >= 0.3 is 0 Å². The maximum Gasteiger partial charge on any atom is 0.254 e. The van der Waals surface area contributed by atoms with E-state index >= 15 is 0 Å². The van der Waals surface area contributed by atoms with Gasteiger partial charge in [-0.05, 0) is 5.56 Å². The van der Waals surface area contributed by atoms with Crippen LogP contribution in [0.15, 0.2) is 30.3 Å². The summed E-state index contributed by atoms with van der Waals surface area (Å²) in [6.45, 7) is 2.04. The fourth-order valence-electron chi connectivity index (χ4n) is 2.38. The van der Waals surface area contributed by atoms with Crippen molar-refractivity contribution in [3.8, 4) is 0 Å². The van der Waals surface area contributed by atoms with Crippen LogP contribution < -0.4 is 5.73 Å². The highest BCUT2D eigenvalue weighted by atomic mass is 16.7. The zero-order valence-corrected chi connectivity index (χ0v) is 12.2. The fourth-order valence-corrected chi connectivity index (χ4v) is 2.38. The van der Waals surface area contributed by atoms with Crippen LogP contribution in [0, 0.1) is 0 Å². The maximum atomic E-state index is 11.7. The summed E-state index contributed by atoms with van der Waals surface area (Å²) in [5.74, 6) is -0.0262. The molecule has 1 fully saturated rings. The minimum absolute atomic E-state index is 0.0262. The Balaban J connectivity index is 1.66. The number of benzene rings is 1. The molecule has 1 aliphatic rings. The van der Waals surface area contributed by atoms with E-state index in [4.69, 9.17) is 19.9 Å². The van der Waals surface area contributed by atoms with Crippen molar-refractivity contribution >= 4 is 5.91 Å². The molecule has 1 aromatic rings. The Morgan fingerprint density at radius 1 is 1.24 bits per heavy atom. The minimum atomic E-state index is -0.425. The van der Waals surface area contributed by atoms with Crippen LogP contribution >= 0.6 is 0 Å². The van der Waals surface area contributed by atoms with Gasteiger partial charge in [-0.15, -0.1) is 0 Å². The first-order valence-corrected chi connectivity index (χ1v) is 7.00. The van der Waals surface area contributed by atoms with Crippen molar-refractivity contribution in [2.24, 2.45) is 5.73 Å². The average molecular weight is 294 g/mol. The van der Waals surface area contributed by atoms with Crippen LogP contribution in [0.3, 0.4) is 0 Å². The van der Waals surface area contributed by atoms with E-state index in [2.05, 4.69) is 0 Å². The zero-order chi connectivity index (χ0) is 15.1. The summed E-state index contributed by atoms with van der Waals surface area (Å²) in [6, 6.07) is 9.81. The summed E-state index contributed by atoms with van der Waals surface area (Å²) >= 11 is 0. The average Bonchev–Trinajstić information content (AvgIpc) is 2.52. The third kappa shape index (κ3) is 4.01. The summed E-state index contributed by atoms with van der Waals surface area (Å²) in [7, 11) is 1.53. The first-order chi connectivity index (χ1) is 10.3. The third-order valence-electron chi connectivity index (χ3n) is 3.47. The molecule has 0 aromatic heterocycles. The first-order valence-electron chi connectivity index (χ1n) is 7.00. The Bertz CT molecular complexity index is 441. The lowest BCUT2D eigenvalue weighted by Gasteiger charge is -2.45. The molecule has 0 saturated carbocycles. The van der Waals surface area contributed by atoms with Crippen LogP contribution in [-0.2, 0) is 25.6 Å². The van der Waals surface area contributed by atoms with E-state index in [9.17, 15) is 4.79 Å². The van der Waals surface area contributed by atoms with E-state index in [1.54, 1.807) is 4.90 Å². The van der Waals surface area contributed by atoms with Crippen LogP contribution in [-0.4, -0.2) is 56.6 Å². The van der Waals surface area contributed by atoms with Gasteiger partial charge in [-0.2, -0.15) is 0 Å². The quantitative estimate of drug-likeness (QED) is 0.404. The largest absolute Gasteiger partial charge is 0.369 e. The predicted molar refractivity (Wildman–Crippen MR) is 77.4 cm³/mol. The number of methoxy groups -OCH3 is 1. The topological polar surface area (TPSA) is 74.0 Å². The van der Waals surface area contributed by atoms with E-state index in [0.29, 0.717) is 26.3 Å². The minimum Gasteiger partial charge on any atom is -0.369 e. The summed E-state index contributed by atoms with van der Waals surface area (Å²) in [6.07, 6.45) is -0.425. The molecule has 2 rings (SSSR count). The lowest BCUT2D eigenvalue weighted by atomic mass is 9.99. The van der Waals surface area contributed by atoms with Gasteiger partial charge in [-0.25, -0.2) is 0 Å². The van der Waals surface area contributed by atoms with Gasteiger partial charge in [0, 0.05) is 20.2 Å². The molecule has 6 heteroatoms. The van der Waals surface area contributed by atoms with Crippen molar-refractivity contribution in [2.75, 3.05) is 33.6 Å². The second-order valence-electron chi connectivity index (χ2n) is 4.87. The van der Waals surface area contributed by atoms with Gasteiger partial charge in [0.05, 0.1) is 19.3 Å². The molecule has 0 aliphatic carbocycles. The van der Waals surface area contributed by atoms with E-state index in [0.717, 1.165) is 5.56 Å². The number of likely N-dealkylation sites (tertiary alicyclic amines) is 1. The van der Waals surface area contributed by atoms with E-state index < -0.39 is 6.10 Å². The smallest absolute Gasteiger partial charge is 0.254 e. The molecule has 1 amide bonds. The SMILES string of the molecule is CO[C@H]1C(=O)N(CCN)[C@H]1COCOCc1ccccc1. The molecular formula is C15H22N2O4. The predicted octanol–water partition coefficient (Wildman–Crippen LogP) is 0.362. The molecule has 1 saturated heterocycles. The van der Waals surface area contributed by atoms with Crippen LogP contribution in [0.25, 0.3) is 0 Å².